The third-order valence-electron chi connectivity index (χ3n) is 6.74. The lowest BCUT2D eigenvalue weighted by atomic mass is 10.1. The summed E-state index contributed by atoms with van der Waals surface area (Å²) in [6, 6.07) is 9.42. The molecule has 0 saturated carbocycles. The zero-order valence-electron chi connectivity index (χ0n) is 24.5. The summed E-state index contributed by atoms with van der Waals surface area (Å²) in [5, 5.41) is 10.1. The summed E-state index contributed by atoms with van der Waals surface area (Å²) in [6.07, 6.45) is -13.5. The molecule has 2 N–H and O–H groups in total. The Morgan fingerprint density at radius 3 is 2.25 bits per heavy atom. The maximum absolute atomic E-state index is 13.4. The number of aromatic nitrogens is 3. The molecule has 1 fully saturated rings. The topological polar surface area (TPSA) is 118 Å². The van der Waals surface area contributed by atoms with Crippen molar-refractivity contribution in [2.24, 2.45) is 0 Å². The molecule has 0 aliphatic carbocycles. The number of hydrogen-bond acceptors (Lipinski definition) is 8. The fourth-order valence-electron chi connectivity index (χ4n) is 4.65. The minimum atomic E-state index is -5.08. The second-order valence-corrected chi connectivity index (χ2v) is 11.3. The lowest BCUT2D eigenvalue weighted by molar-refractivity contribution is -0.192. The highest BCUT2D eigenvalue weighted by Crippen LogP contribution is 2.36. The molecule has 258 valence electrons. The van der Waals surface area contributed by atoms with Crippen LogP contribution in [0.15, 0.2) is 48.5 Å². The van der Waals surface area contributed by atoms with Crippen molar-refractivity contribution in [1.82, 2.24) is 19.9 Å². The SMILES string of the molecule is CC(=O)Nc1nc2c(Oc3cc(-c4ccc(C(F)(F)F)cc4)nc(CCN4CCCC4C(F)(F)F)n3)cccc2s1.O=C(O)C(F)(F)F. The number of benzene rings is 2. The Morgan fingerprint density at radius 1 is 1.00 bits per heavy atom. The summed E-state index contributed by atoms with van der Waals surface area (Å²) in [6.45, 7) is 1.68. The molecule has 1 saturated heterocycles. The fraction of sp³-hybridized carbons (Fsp3) is 0.345. The highest BCUT2D eigenvalue weighted by atomic mass is 32.1. The van der Waals surface area contributed by atoms with Crippen LogP contribution < -0.4 is 10.1 Å². The number of thiazole rings is 1. The Kier molecular flexibility index (Phi) is 10.8. The van der Waals surface area contributed by atoms with Gasteiger partial charge < -0.3 is 15.2 Å². The molecule has 0 spiro atoms. The molecule has 0 bridgehead atoms. The number of likely N-dealkylation sites (tertiary alicyclic amines) is 1. The van der Waals surface area contributed by atoms with E-state index in [1.165, 1.54) is 41.4 Å². The van der Waals surface area contributed by atoms with E-state index in [0.717, 1.165) is 16.8 Å². The zero-order chi connectivity index (χ0) is 35.4. The van der Waals surface area contributed by atoms with Crippen LogP contribution in [0.1, 0.15) is 31.2 Å². The predicted octanol–water partition coefficient (Wildman–Crippen LogP) is 7.73. The number of rotatable bonds is 7. The van der Waals surface area contributed by atoms with Crippen molar-refractivity contribution in [3.05, 3.63) is 59.9 Å². The summed E-state index contributed by atoms with van der Waals surface area (Å²) in [5.41, 5.74) is 0.213. The number of hydrogen-bond donors (Lipinski definition) is 2. The number of para-hydroxylation sites is 1. The highest BCUT2D eigenvalue weighted by molar-refractivity contribution is 7.22. The average Bonchev–Trinajstić information content (AvgIpc) is 3.63. The molecule has 1 atom stereocenters. The third kappa shape index (κ3) is 9.52. The first-order chi connectivity index (χ1) is 22.3. The predicted molar refractivity (Wildman–Crippen MR) is 155 cm³/mol. The van der Waals surface area contributed by atoms with Gasteiger partial charge in [0.25, 0.3) is 0 Å². The molecule has 2 aromatic carbocycles. The van der Waals surface area contributed by atoms with Crippen molar-refractivity contribution >= 4 is 38.6 Å². The van der Waals surface area contributed by atoms with Gasteiger partial charge in [0.2, 0.25) is 11.8 Å². The van der Waals surface area contributed by atoms with Gasteiger partial charge in [0.1, 0.15) is 17.4 Å². The van der Waals surface area contributed by atoms with Crippen LogP contribution in [0.2, 0.25) is 0 Å². The largest absolute Gasteiger partial charge is 0.490 e. The zero-order valence-corrected chi connectivity index (χ0v) is 25.3. The van der Waals surface area contributed by atoms with Gasteiger partial charge in [-0.3, -0.25) is 9.69 Å². The lowest BCUT2D eigenvalue weighted by Crippen LogP contribution is -2.42. The van der Waals surface area contributed by atoms with E-state index < -0.39 is 36.1 Å². The Labute approximate surface area is 269 Å². The first-order valence-electron chi connectivity index (χ1n) is 13.8. The molecular formula is C29H24F9N5O4S. The van der Waals surface area contributed by atoms with Gasteiger partial charge in [-0.1, -0.05) is 29.5 Å². The maximum Gasteiger partial charge on any atom is 0.490 e. The summed E-state index contributed by atoms with van der Waals surface area (Å²) < 4.78 is 118. The molecule has 1 unspecified atom stereocenters. The van der Waals surface area contributed by atoms with Crippen molar-refractivity contribution < 1.29 is 58.9 Å². The Balaban J connectivity index is 0.000000671. The van der Waals surface area contributed by atoms with E-state index in [-0.39, 0.29) is 49.2 Å². The molecule has 48 heavy (non-hydrogen) atoms. The minimum absolute atomic E-state index is 0.0163. The number of carboxylic acids is 1. The smallest absolute Gasteiger partial charge is 0.475 e. The molecule has 3 heterocycles. The van der Waals surface area contributed by atoms with Crippen LogP contribution in [0.3, 0.4) is 0 Å². The van der Waals surface area contributed by atoms with Gasteiger partial charge in [-0.05, 0) is 43.7 Å². The number of ether oxygens (including phenoxy) is 1. The van der Waals surface area contributed by atoms with Crippen LogP contribution in [0, 0.1) is 0 Å². The number of amides is 1. The van der Waals surface area contributed by atoms with Gasteiger partial charge >= 0.3 is 24.5 Å². The van der Waals surface area contributed by atoms with Gasteiger partial charge in [0.15, 0.2) is 10.9 Å². The van der Waals surface area contributed by atoms with Gasteiger partial charge in [-0.15, -0.1) is 0 Å². The molecule has 1 amide bonds. The molecule has 0 radical (unpaired) electrons. The van der Waals surface area contributed by atoms with Crippen molar-refractivity contribution in [3.8, 4) is 22.9 Å². The number of halogens is 9. The lowest BCUT2D eigenvalue weighted by Gasteiger charge is -2.26. The fourth-order valence-corrected chi connectivity index (χ4v) is 5.57. The number of alkyl halides is 9. The van der Waals surface area contributed by atoms with E-state index in [1.54, 1.807) is 18.2 Å². The number of fused-ring (bicyclic) bond motifs is 1. The first kappa shape index (κ1) is 36.3. The number of carboxylic acid groups (broad SMARTS) is 1. The van der Waals surface area contributed by atoms with Crippen molar-refractivity contribution in [2.45, 2.75) is 50.8 Å². The van der Waals surface area contributed by atoms with E-state index in [0.29, 0.717) is 28.4 Å². The maximum atomic E-state index is 13.4. The van der Waals surface area contributed by atoms with Crippen molar-refractivity contribution in [1.29, 1.82) is 0 Å². The molecule has 1 aliphatic rings. The third-order valence-corrected chi connectivity index (χ3v) is 7.68. The molecular weight excluding hydrogens is 685 g/mol. The number of carbonyl (C=O) groups excluding carboxylic acids is 1. The van der Waals surface area contributed by atoms with Gasteiger partial charge in [-0.2, -0.15) is 44.5 Å². The molecule has 2 aromatic heterocycles. The van der Waals surface area contributed by atoms with Crippen LogP contribution in [0.5, 0.6) is 11.6 Å². The number of carbonyl (C=O) groups is 2. The van der Waals surface area contributed by atoms with Crippen LogP contribution in [0.4, 0.5) is 44.6 Å². The highest BCUT2D eigenvalue weighted by Gasteiger charge is 2.45. The van der Waals surface area contributed by atoms with E-state index in [1.807, 2.05) is 0 Å². The van der Waals surface area contributed by atoms with Crippen molar-refractivity contribution in [3.63, 3.8) is 0 Å². The van der Waals surface area contributed by atoms with E-state index >= 15 is 0 Å². The summed E-state index contributed by atoms with van der Waals surface area (Å²) in [7, 11) is 0. The molecule has 9 nitrogen and oxygen atoms in total. The first-order valence-corrected chi connectivity index (χ1v) is 14.6. The van der Waals surface area contributed by atoms with E-state index in [2.05, 4.69) is 20.3 Å². The normalized spacial score (nSPS) is 15.6. The molecule has 5 rings (SSSR count). The Bertz CT molecular complexity index is 1760. The summed E-state index contributed by atoms with van der Waals surface area (Å²) >= 11 is 1.24. The Hall–Kier alpha value is -4.52. The quantitative estimate of drug-likeness (QED) is 0.187. The second-order valence-electron chi connectivity index (χ2n) is 10.3. The Morgan fingerprint density at radius 2 is 1.67 bits per heavy atom. The average molecular weight is 710 g/mol. The standard InChI is InChI=1S/C27H23F6N5O2S.C2HF3O2/c1-15(39)34-25-37-24-19(4-2-5-20(24)41-25)40-23-14-18(16-7-9-17(10-8-16)26(28,29)30)35-22(36-23)11-13-38-12-3-6-21(38)27(31,32)33;3-2(4,5)1(6)7/h2,4-5,7-10,14,21H,3,6,11-13H2,1H3,(H,34,37,39);(H,6,7). The van der Waals surface area contributed by atoms with Gasteiger partial charge in [-0.25, -0.2) is 14.8 Å². The van der Waals surface area contributed by atoms with Crippen LogP contribution in [0.25, 0.3) is 21.5 Å². The number of nitrogens with zero attached hydrogens (tertiary/aromatic N) is 4. The minimum Gasteiger partial charge on any atom is -0.475 e. The second kappa shape index (κ2) is 14.3. The summed E-state index contributed by atoms with van der Waals surface area (Å²) in [5.74, 6) is -2.53. The van der Waals surface area contributed by atoms with Crippen LogP contribution >= 0.6 is 11.3 Å². The number of nitrogens with one attached hydrogen (secondary N) is 1. The number of anilines is 1. The molecule has 1 aliphatic heterocycles. The van der Waals surface area contributed by atoms with Crippen LogP contribution in [-0.2, 0) is 22.2 Å². The van der Waals surface area contributed by atoms with Crippen molar-refractivity contribution in [2.75, 3.05) is 18.4 Å². The van der Waals surface area contributed by atoms with Crippen LogP contribution in [-0.4, -0.2) is 68.3 Å². The number of aliphatic carboxylic acids is 1. The van der Waals surface area contributed by atoms with Gasteiger partial charge in [0, 0.05) is 31.5 Å². The molecule has 19 heteroatoms. The molecule has 4 aromatic rings. The monoisotopic (exact) mass is 709 g/mol. The van der Waals surface area contributed by atoms with Gasteiger partial charge in [0.05, 0.1) is 16.0 Å². The summed E-state index contributed by atoms with van der Waals surface area (Å²) in [4.78, 5) is 35.0. The van der Waals surface area contributed by atoms with E-state index in [9.17, 15) is 44.3 Å². The van der Waals surface area contributed by atoms with E-state index in [4.69, 9.17) is 14.6 Å².